The summed E-state index contributed by atoms with van der Waals surface area (Å²) in [6.07, 6.45) is 0. The van der Waals surface area contributed by atoms with Gasteiger partial charge in [0, 0.05) is 0 Å². The van der Waals surface area contributed by atoms with Gasteiger partial charge in [0.1, 0.15) is 24.0 Å². The maximum absolute atomic E-state index is 9.42. The molecule has 0 aliphatic heterocycles. The van der Waals surface area contributed by atoms with Crippen molar-refractivity contribution in [1.82, 2.24) is 0 Å². The van der Waals surface area contributed by atoms with Gasteiger partial charge in [0.2, 0.25) is 5.76 Å². The van der Waals surface area contributed by atoms with Crippen molar-refractivity contribution in [1.29, 1.82) is 5.26 Å². The number of phenolic OH excluding ortho intramolecular Hbond substituents is 1. The summed E-state index contributed by atoms with van der Waals surface area (Å²) in [5, 5.41) is 19.3. The molecule has 98 valence electrons. The Hall–Kier alpha value is -2.93. The lowest BCUT2D eigenvalue weighted by molar-refractivity contribution is 0.303. The van der Waals surface area contributed by atoms with E-state index in [1.54, 1.807) is 24.3 Å². The van der Waals surface area contributed by atoms with Gasteiger partial charge in [0.15, 0.2) is 5.75 Å². The fourth-order valence-electron chi connectivity index (χ4n) is 2.04. The van der Waals surface area contributed by atoms with Crippen molar-refractivity contribution in [3.05, 3.63) is 59.9 Å². The number of aromatic hydroxyl groups is 1. The molecule has 0 amide bonds. The third-order valence-electron chi connectivity index (χ3n) is 2.95. The van der Waals surface area contributed by atoms with Gasteiger partial charge in [-0.1, -0.05) is 24.3 Å². The number of benzene rings is 2. The van der Waals surface area contributed by atoms with E-state index in [9.17, 15) is 5.11 Å². The Bertz CT molecular complexity index is 799. The molecule has 0 unspecified atom stereocenters. The third-order valence-corrected chi connectivity index (χ3v) is 2.95. The summed E-state index contributed by atoms with van der Waals surface area (Å²) in [4.78, 5) is 0. The Morgan fingerprint density at radius 1 is 1.15 bits per heavy atom. The van der Waals surface area contributed by atoms with Gasteiger partial charge < -0.3 is 14.3 Å². The highest BCUT2D eigenvalue weighted by atomic mass is 16.5. The first-order valence-electron chi connectivity index (χ1n) is 6.10. The third kappa shape index (κ3) is 2.17. The van der Waals surface area contributed by atoms with Gasteiger partial charge >= 0.3 is 0 Å². The Morgan fingerprint density at radius 3 is 2.80 bits per heavy atom. The first-order chi connectivity index (χ1) is 9.78. The second kappa shape index (κ2) is 4.98. The maximum Gasteiger partial charge on any atom is 0.246 e. The van der Waals surface area contributed by atoms with Gasteiger partial charge in [-0.05, 0) is 29.8 Å². The Morgan fingerprint density at radius 2 is 2.00 bits per heavy atom. The number of hydrogen-bond donors (Lipinski definition) is 1. The van der Waals surface area contributed by atoms with Crippen LogP contribution in [0.5, 0.6) is 11.5 Å². The molecule has 4 nitrogen and oxygen atoms in total. The summed E-state index contributed by atoms with van der Waals surface area (Å²) in [7, 11) is 0. The van der Waals surface area contributed by atoms with Crippen molar-refractivity contribution < 1.29 is 14.3 Å². The molecular formula is C16H11NO3. The van der Waals surface area contributed by atoms with E-state index >= 15 is 0 Å². The average Bonchev–Trinajstić information content (AvgIpc) is 2.83. The lowest BCUT2D eigenvalue weighted by atomic mass is 10.2. The molecule has 0 aliphatic rings. The number of nitrogens with zero attached hydrogens (tertiary/aromatic N) is 1. The molecule has 1 aromatic heterocycles. The second-order valence-corrected chi connectivity index (χ2v) is 4.33. The highest BCUT2D eigenvalue weighted by molar-refractivity contribution is 5.86. The van der Waals surface area contributed by atoms with Crippen LogP contribution in [0.2, 0.25) is 0 Å². The highest BCUT2D eigenvalue weighted by Crippen LogP contribution is 2.33. The Labute approximate surface area is 115 Å². The van der Waals surface area contributed by atoms with Crippen LogP contribution in [0.1, 0.15) is 11.3 Å². The number of phenols is 1. The van der Waals surface area contributed by atoms with Gasteiger partial charge in [-0.15, -0.1) is 0 Å². The van der Waals surface area contributed by atoms with Crippen LogP contribution >= 0.6 is 0 Å². The molecule has 0 fully saturated rings. The zero-order chi connectivity index (χ0) is 13.9. The molecule has 0 spiro atoms. The van der Waals surface area contributed by atoms with Crippen LogP contribution in [-0.4, -0.2) is 5.11 Å². The Kier molecular flexibility index (Phi) is 3.02. The summed E-state index contributed by atoms with van der Waals surface area (Å²) in [5.74, 6) is 0.779. The molecule has 20 heavy (non-hydrogen) atoms. The Balaban J connectivity index is 1.93. The van der Waals surface area contributed by atoms with Gasteiger partial charge in [0.25, 0.3) is 0 Å². The van der Waals surface area contributed by atoms with Gasteiger partial charge in [-0.25, -0.2) is 0 Å². The molecule has 0 saturated carbocycles. The maximum atomic E-state index is 9.42. The number of hydrogen-bond acceptors (Lipinski definition) is 4. The van der Waals surface area contributed by atoms with Crippen LogP contribution in [0.25, 0.3) is 11.0 Å². The van der Waals surface area contributed by atoms with E-state index in [1.165, 1.54) is 0 Å². The van der Waals surface area contributed by atoms with Crippen LogP contribution in [0.4, 0.5) is 0 Å². The lowest BCUT2D eigenvalue weighted by Crippen LogP contribution is -1.95. The molecule has 2 aromatic carbocycles. The highest BCUT2D eigenvalue weighted by Gasteiger charge is 2.15. The largest absolute Gasteiger partial charge is 0.508 e. The summed E-state index contributed by atoms with van der Waals surface area (Å²) in [5.41, 5.74) is 1.44. The second-order valence-electron chi connectivity index (χ2n) is 4.33. The smallest absolute Gasteiger partial charge is 0.246 e. The van der Waals surface area contributed by atoms with Crippen molar-refractivity contribution in [2.45, 2.75) is 6.61 Å². The first-order valence-corrected chi connectivity index (χ1v) is 6.10. The normalized spacial score (nSPS) is 10.3. The lowest BCUT2D eigenvalue weighted by Gasteiger charge is -2.05. The van der Waals surface area contributed by atoms with Gasteiger partial charge in [-0.2, -0.15) is 5.26 Å². The summed E-state index contributed by atoms with van der Waals surface area (Å²) >= 11 is 0. The minimum absolute atomic E-state index is 0.159. The molecule has 0 bridgehead atoms. The van der Waals surface area contributed by atoms with Crippen molar-refractivity contribution in [2.24, 2.45) is 0 Å². The van der Waals surface area contributed by atoms with Crippen molar-refractivity contribution in [3.63, 3.8) is 0 Å². The molecule has 3 rings (SSSR count). The molecule has 3 aromatic rings. The van der Waals surface area contributed by atoms with E-state index in [2.05, 4.69) is 0 Å². The van der Waals surface area contributed by atoms with E-state index in [0.29, 0.717) is 11.3 Å². The summed E-state index contributed by atoms with van der Waals surface area (Å²) in [6, 6.07) is 16.1. The summed E-state index contributed by atoms with van der Waals surface area (Å²) < 4.78 is 11.1. The predicted molar refractivity (Wildman–Crippen MR) is 73.4 cm³/mol. The molecule has 0 atom stereocenters. The van der Waals surface area contributed by atoms with E-state index in [-0.39, 0.29) is 18.1 Å². The van der Waals surface area contributed by atoms with Crippen LogP contribution in [0.15, 0.2) is 52.9 Å². The molecule has 1 N–H and O–H groups in total. The number of nitriles is 1. The molecule has 0 aliphatic carbocycles. The van der Waals surface area contributed by atoms with Crippen LogP contribution in [0, 0.1) is 11.3 Å². The predicted octanol–water partition coefficient (Wildman–Crippen LogP) is 3.59. The van der Waals surface area contributed by atoms with Crippen LogP contribution in [0.3, 0.4) is 0 Å². The quantitative estimate of drug-likeness (QED) is 0.785. The topological polar surface area (TPSA) is 66.4 Å². The molecular weight excluding hydrogens is 254 g/mol. The molecule has 0 saturated heterocycles. The minimum Gasteiger partial charge on any atom is -0.508 e. The minimum atomic E-state index is 0.159. The van der Waals surface area contributed by atoms with E-state index in [1.807, 2.05) is 30.3 Å². The van der Waals surface area contributed by atoms with Crippen LogP contribution in [-0.2, 0) is 6.61 Å². The fourth-order valence-corrected chi connectivity index (χ4v) is 2.04. The number of furan rings is 1. The molecule has 0 radical (unpaired) electrons. The summed E-state index contributed by atoms with van der Waals surface area (Å²) in [6.45, 7) is 0.257. The fraction of sp³-hybridized carbons (Fsp3) is 0.0625. The average molecular weight is 265 g/mol. The number of rotatable bonds is 3. The van der Waals surface area contributed by atoms with E-state index in [0.717, 1.165) is 10.9 Å². The van der Waals surface area contributed by atoms with E-state index < -0.39 is 0 Å². The first kappa shape index (κ1) is 12.1. The number of ether oxygens (including phenoxy) is 1. The van der Waals surface area contributed by atoms with E-state index in [4.69, 9.17) is 14.4 Å². The number of para-hydroxylation sites is 1. The number of fused-ring (bicyclic) bond motifs is 1. The van der Waals surface area contributed by atoms with Crippen molar-refractivity contribution in [2.75, 3.05) is 0 Å². The van der Waals surface area contributed by atoms with Crippen molar-refractivity contribution in [3.8, 4) is 17.6 Å². The zero-order valence-corrected chi connectivity index (χ0v) is 10.5. The van der Waals surface area contributed by atoms with Crippen molar-refractivity contribution >= 4 is 11.0 Å². The zero-order valence-electron chi connectivity index (χ0n) is 10.5. The molecule has 1 heterocycles. The van der Waals surface area contributed by atoms with Gasteiger partial charge in [0.05, 0.1) is 5.39 Å². The van der Waals surface area contributed by atoms with Crippen LogP contribution < -0.4 is 4.74 Å². The SMILES string of the molecule is N#Cc1oc2ccccc2c1OCc1cccc(O)c1. The van der Waals surface area contributed by atoms with Gasteiger partial charge in [-0.3, -0.25) is 0 Å². The molecule has 4 heteroatoms. The standard InChI is InChI=1S/C16H11NO3/c17-9-15-16(13-6-1-2-7-14(13)20-15)19-10-11-4-3-5-12(18)8-11/h1-8,18H,10H2. The monoisotopic (exact) mass is 265 g/mol.